The third kappa shape index (κ3) is 5.97. The van der Waals surface area contributed by atoms with E-state index in [9.17, 15) is 8.42 Å². The first kappa shape index (κ1) is 20.2. The lowest BCUT2D eigenvalue weighted by Crippen LogP contribution is -2.39. The van der Waals surface area contributed by atoms with Crippen LogP contribution in [0, 0.1) is 6.92 Å². The van der Waals surface area contributed by atoms with Crippen molar-refractivity contribution in [3.63, 3.8) is 0 Å². The predicted octanol–water partition coefficient (Wildman–Crippen LogP) is 3.33. The molecule has 0 saturated carbocycles. The highest BCUT2D eigenvalue weighted by Gasteiger charge is 2.19. The van der Waals surface area contributed by atoms with Crippen molar-refractivity contribution >= 4 is 10.0 Å². The zero-order chi connectivity index (χ0) is 18.4. The number of nitrogens with one attached hydrogen (secondary N) is 1. The highest BCUT2D eigenvalue weighted by Crippen LogP contribution is 2.23. The molecule has 142 valence electrons. The third-order valence-electron chi connectivity index (χ3n) is 4.67. The number of ether oxygens (including phenoxy) is 1. The second kappa shape index (κ2) is 9.01. The Morgan fingerprint density at radius 1 is 1.32 bits per heavy atom. The molecule has 1 aliphatic rings. The zero-order valence-electron chi connectivity index (χ0n) is 15.9. The lowest BCUT2D eigenvalue weighted by Gasteiger charge is -2.33. The number of likely N-dealkylation sites (tertiary alicyclic amines) is 1. The number of aryl methyl sites for hydroxylation is 1. The molecule has 25 heavy (non-hydrogen) atoms. The molecular formula is C19H32N2O3S. The van der Waals surface area contributed by atoms with Gasteiger partial charge in [0.1, 0.15) is 5.75 Å². The topological polar surface area (TPSA) is 58.6 Å². The standard InChI is InChI=1S/C19H32N2O3S/c1-15(2)24-19-10-9-18(14-16(19)3)25(22,23)20-11-7-13-21-12-6-5-8-17(21)4/h9-10,14-15,17,20H,5-8,11-13H2,1-4H3. The van der Waals surface area contributed by atoms with Crippen LogP contribution in [0.1, 0.15) is 52.0 Å². The Bertz CT molecular complexity index is 659. The molecule has 2 rings (SSSR count). The monoisotopic (exact) mass is 368 g/mol. The molecule has 5 nitrogen and oxygen atoms in total. The number of nitrogens with zero attached hydrogens (tertiary/aromatic N) is 1. The second-order valence-electron chi connectivity index (χ2n) is 7.23. The summed E-state index contributed by atoms with van der Waals surface area (Å²) in [6, 6.07) is 5.63. The minimum absolute atomic E-state index is 0.0662. The molecule has 1 N–H and O–H groups in total. The van der Waals surface area contributed by atoms with Gasteiger partial charge in [-0.2, -0.15) is 0 Å². The molecule has 0 aliphatic carbocycles. The molecule has 1 atom stereocenters. The molecule has 1 aromatic carbocycles. The van der Waals surface area contributed by atoms with Gasteiger partial charge in [0.25, 0.3) is 0 Å². The van der Waals surface area contributed by atoms with Crippen LogP contribution in [0.2, 0.25) is 0 Å². The summed E-state index contributed by atoms with van der Waals surface area (Å²) in [6.07, 6.45) is 4.70. The summed E-state index contributed by atoms with van der Waals surface area (Å²) in [5.41, 5.74) is 0.832. The summed E-state index contributed by atoms with van der Waals surface area (Å²) in [7, 11) is -3.47. The summed E-state index contributed by atoms with van der Waals surface area (Å²) in [5.74, 6) is 0.730. The van der Waals surface area contributed by atoms with Crippen molar-refractivity contribution in [1.82, 2.24) is 9.62 Å². The van der Waals surface area contributed by atoms with Gasteiger partial charge in [0.2, 0.25) is 10.0 Å². The number of benzene rings is 1. The van der Waals surface area contributed by atoms with Gasteiger partial charge in [-0.15, -0.1) is 0 Å². The Morgan fingerprint density at radius 2 is 2.08 bits per heavy atom. The van der Waals surface area contributed by atoms with Gasteiger partial charge in [-0.25, -0.2) is 13.1 Å². The Kier molecular flexibility index (Phi) is 7.28. The predicted molar refractivity (Wildman–Crippen MR) is 102 cm³/mol. The van der Waals surface area contributed by atoms with Gasteiger partial charge in [-0.3, -0.25) is 0 Å². The van der Waals surface area contributed by atoms with Crippen LogP contribution in [0.25, 0.3) is 0 Å². The maximum Gasteiger partial charge on any atom is 0.240 e. The average molecular weight is 369 g/mol. The summed E-state index contributed by atoms with van der Waals surface area (Å²) in [4.78, 5) is 2.76. The lowest BCUT2D eigenvalue weighted by atomic mass is 10.0. The first-order valence-electron chi connectivity index (χ1n) is 9.30. The normalized spacial score (nSPS) is 19.3. The second-order valence-corrected chi connectivity index (χ2v) is 8.99. The molecule has 1 fully saturated rings. The van der Waals surface area contributed by atoms with E-state index in [1.165, 1.54) is 19.3 Å². The van der Waals surface area contributed by atoms with E-state index in [0.717, 1.165) is 30.8 Å². The van der Waals surface area contributed by atoms with Crippen molar-refractivity contribution in [3.05, 3.63) is 23.8 Å². The van der Waals surface area contributed by atoms with Crippen molar-refractivity contribution in [2.75, 3.05) is 19.6 Å². The molecule has 0 aromatic heterocycles. The van der Waals surface area contributed by atoms with Crippen LogP contribution in [-0.4, -0.2) is 45.1 Å². The van der Waals surface area contributed by atoms with E-state index in [1.54, 1.807) is 18.2 Å². The molecule has 1 heterocycles. The Labute approximate surface area is 152 Å². The molecule has 1 saturated heterocycles. The van der Waals surface area contributed by atoms with E-state index in [4.69, 9.17) is 4.74 Å². The molecule has 0 spiro atoms. The third-order valence-corrected chi connectivity index (χ3v) is 6.13. The molecule has 1 unspecified atom stereocenters. The van der Waals surface area contributed by atoms with Gasteiger partial charge >= 0.3 is 0 Å². The Hall–Kier alpha value is -1.11. The quantitative estimate of drug-likeness (QED) is 0.715. The van der Waals surface area contributed by atoms with Crippen molar-refractivity contribution in [3.8, 4) is 5.75 Å². The number of sulfonamides is 1. The van der Waals surface area contributed by atoms with Gasteiger partial charge in [0.15, 0.2) is 0 Å². The van der Waals surface area contributed by atoms with Gasteiger partial charge < -0.3 is 9.64 Å². The summed E-state index contributed by atoms with van der Waals surface area (Å²) in [6.45, 7) is 10.6. The highest BCUT2D eigenvalue weighted by molar-refractivity contribution is 7.89. The van der Waals surface area contributed by atoms with Crippen molar-refractivity contribution in [1.29, 1.82) is 0 Å². The van der Waals surface area contributed by atoms with Gasteiger partial charge in [-0.1, -0.05) is 6.42 Å². The zero-order valence-corrected chi connectivity index (χ0v) is 16.7. The summed E-state index contributed by atoms with van der Waals surface area (Å²) in [5, 5.41) is 0. The van der Waals surface area contributed by atoms with Crippen LogP contribution in [0.15, 0.2) is 23.1 Å². The van der Waals surface area contributed by atoms with Crippen LogP contribution in [0.5, 0.6) is 5.75 Å². The minimum atomic E-state index is -3.47. The SMILES string of the molecule is Cc1cc(S(=O)(=O)NCCCN2CCCCC2C)ccc1OC(C)C. The molecule has 0 bridgehead atoms. The van der Waals surface area contributed by atoms with E-state index in [1.807, 2.05) is 20.8 Å². The van der Waals surface area contributed by atoms with E-state index in [2.05, 4.69) is 16.5 Å². The van der Waals surface area contributed by atoms with Crippen LogP contribution in [0.4, 0.5) is 0 Å². The first-order chi connectivity index (χ1) is 11.8. The molecular weight excluding hydrogens is 336 g/mol. The molecule has 0 radical (unpaired) electrons. The summed E-state index contributed by atoms with van der Waals surface area (Å²) >= 11 is 0. The maximum atomic E-state index is 12.5. The molecule has 1 aliphatic heterocycles. The number of rotatable bonds is 8. The first-order valence-corrected chi connectivity index (χ1v) is 10.8. The van der Waals surface area contributed by atoms with Crippen LogP contribution < -0.4 is 9.46 Å². The largest absolute Gasteiger partial charge is 0.491 e. The van der Waals surface area contributed by atoms with Crippen LogP contribution in [0.3, 0.4) is 0 Å². The average Bonchev–Trinajstić information content (AvgIpc) is 2.54. The van der Waals surface area contributed by atoms with Crippen LogP contribution >= 0.6 is 0 Å². The smallest absolute Gasteiger partial charge is 0.240 e. The highest BCUT2D eigenvalue weighted by atomic mass is 32.2. The van der Waals surface area contributed by atoms with E-state index in [0.29, 0.717) is 17.5 Å². The fourth-order valence-electron chi connectivity index (χ4n) is 3.24. The van der Waals surface area contributed by atoms with E-state index in [-0.39, 0.29) is 6.10 Å². The maximum absolute atomic E-state index is 12.5. The van der Waals surface area contributed by atoms with Gasteiger partial charge in [-0.05, 0) is 83.8 Å². The van der Waals surface area contributed by atoms with E-state index >= 15 is 0 Å². The Morgan fingerprint density at radius 3 is 2.72 bits per heavy atom. The van der Waals surface area contributed by atoms with E-state index < -0.39 is 10.0 Å². The van der Waals surface area contributed by atoms with Gasteiger partial charge in [0, 0.05) is 12.6 Å². The van der Waals surface area contributed by atoms with Crippen molar-refractivity contribution < 1.29 is 13.2 Å². The number of hydrogen-bond acceptors (Lipinski definition) is 4. The summed E-state index contributed by atoms with van der Waals surface area (Å²) < 4.78 is 33.3. The molecule has 1 aromatic rings. The fourth-order valence-corrected chi connectivity index (χ4v) is 4.40. The van der Waals surface area contributed by atoms with Gasteiger partial charge in [0.05, 0.1) is 11.0 Å². The van der Waals surface area contributed by atoms with Crippen molar-refractivity contribution in [2.24, 2.45) is 0 Å². The Balaban J connectivity index is 1.87. The van der Waals surface area contributed by atoms with Crippen LogP contribution in [-0.2, 0) is 10.0 Å². The molecule has 6 heteroatoms. The lowest BCUT2D eigenvalue weighted by molar-refractivity contribution is 0.159. The fraction of sp³-hybridized carbons (Fsp3) is 0.684. The number of piperidine rings is 1. The minimum Gasteiger partial charge on any atom is -0.491 e. The molecule has 0 amide bonds. The van der Waals surface area contributed by atoms with Crippen molar-refractivity contribution in [2.45, 2.75) is 70.4 Å². The number of hydrogen-bond donors (Lipinski definition) is 1.